The van der Waals surface area contributed by atoms with E-state index in [1.807, 2.05) is 13.0 Å². The number of nitrogens with one attached hydrogen (secondary N) is 3. The van der Waals surface area contributed by atoms with Gasteiger partial charge in [-0.25, -0.2) is 4.39 Å². The second kappa shape index (κ2) is 13.5. The number of carbonyl (C=O) groups is 2. The summed E-state index contributed by atoms with van der Waals surface area (Å²) in [7, 11) is 2.07. The zero-order valence-corrected chi connectivity index (χ0v) is 21.8. The molecule has 6 heteroatoms. The van der Waals surface area contributed by atoms with Gasteiger partial charge in [-0.05, 0) is 111 Å². The van der Waals surface area contributed by atoms with Crippen molar-refractivity contribution in [3.05, 3.63) is 101 Å². The fraction of sp³-hybridized carbons (Fsp3) is 0.290. The molecule has 0 spiro atoms. The van der Waals surface area contributed by atoms with Gasteiger partial charge in [-0.15, -0.1) is 0 Å². The van der Waals surface area contributed by atoms with Crippen LogP contribution >= 0.6 is 0 Å². The molecular weight excluding hydrogens is 465 g/mol. The molecule has 0 unspecified atom stereocenters. The van der Waals surface area contributed by atoms with Crippen LogP contribution in [0.2, 0.25) is 0 Å². The summed E-state index contributed by atoms with van der Waals surface area (Å²) in [4.78, 5) is 23.1. The van der Waals surface area contributed by atoms with Crippen molar-refractivity contribution in [2.45, 2.75) is 45.6 Å². The van der Waals surface area contributed by atoms with Crippen molar-refractivity contribution in [1.29, 1.82) is 0 Å². The van der Waals surface area contributed by atoms with Crippen LogP contribution in [0.15, 0.2) is 73.3 Å². The van der Waals surface area contributed by atoms with E-state index in [4.69, 9.17) is 0 Å². The molecule has 3 N–H and O–H groups in total. The average molecular weight is 502 g/mol. The van der Waals surface area contributed by atoms with Crippen molar-refractivity contribution in [1.82, 2.24) is 5.32 Å². The molecule has 4 rings (SSSR count). The number of carbonyl (C=O) groups excluding carboxylic acids is 2. The molecule has 37 heavy (non-hydrogen) atoms. The van der Waals surface area contributed by atoms with E-state index in [9.17, 15) is 14.0 Å². The molecule has 1 saturated carbocycles. The first kappa shape index (κ1) is 27.8. The lowest BCUT2D eigenvalue weighted by Gasteiger charge is -2.25. The summed E-state index contributed by atoms with van der Waals surface area (Å²) in [6, 6.07) is 18.8. The summed E-state index contributed by atoms with van der Waals surface area (Å²) < 4.78 is 12.9. The Bertz CT molecular complexity index is 1200. The predicted octanol–water partition coefficient (Wildman–Crippen LogP) is 7.07. The maximum Gasteiger partial charge on any atom is 0.255 e. The Kier molecular flexibility index (Phi) is 10.2. The van der Waals surface area contributed by atoms with E-state index < -0.39 is 0 Å². The molecule has 194 valence electrons. The Balaban J connectivity index is 0.000000356. The maximum absolute atomic E-state index is 12.9. The summed E-state index contributed by atoms with van der Waals surface area (Å²) in [6.45, 7) is 8.30. The molecule has 0 heterocycles. The highest BCUT2D eigenvalue weighted by Crippen LogP contribution is 2.23. The predicted molar refractivity (Wildman–Crippen MR) is 150 cm³/mol. The Hall–Kier alpha value is -3.77. The normalized spacial score (nSPS) is 16.6. The van der Waals surface area contributed by atoms with Gasteiger partial charge in [-0.2, -0.15) is 0 Å². The number of aryl methyl sites for hydroxylation is 1. The van der Waals surface area contributed by atoms with Crippen molar-refractivity contribution >= 4 is 29.3 Å². The summed E-state index contributed by atoms with van der Waals surface area (Å²) >= 11 is 0. The fourth-order valence-electron chi connectivity index (χ4n) is 4.24. The van der Waals surface area contributed by atoms with Gasteiger partial charge in [-0.1, -0.05) is 25.6 Å². The number of aldehydes is 1. The third-order valence-corrected chi connectivity index (χ3v) is 6.69. The lowest BCUT2D eigenvalue weighted by molar-refractivity contribution is 0.102. The highest BCUT2D eigenvalue weighted by Gasteiger charge is 2.15. The lowest BCUT2D eigenvalue weighted by atomic mass is 9.87. The zero-order chi connectivity index (χ0) is 26.8. The molecule has 0 radical (unpaired) electrons. The van der Waals surface area contributed by atoms with Gasteiger partial charge in [0.25, 0.3) is 5.91 Å². The number of anilines is 2. The monoisotopic (exact) mass is 501 g/mol. The summed E-state index contributed by atoms with van der Waals surface area (Å²) in [6.07, 6.45) is 6.42. The SMILES string of the molecule is C=C(Nc1ccc(C=O)cc1C)c1ccc(C(=O)Nc2ccc(F)cc2)cc1.CNC1CCC(C)CC1. The summed E-state index contributed by atoms with van der Waals surface area (Å²) in [5.74, 6) is 0.344. The lowest BCUT2D eigenvalue weighted by Crippen LogP contribution is -2.29. The van der Waals surface area contributed by atoms with Gasteiger partial charge in [0.05, 0.1) is 0 Å². The molecule has 5 nitrogen and oxygen atoms in total. The second-order valence-corrected chi connectivity index (χ2v) is 9.58. The van der Waals surface area contributed by atoms with Crippen LogP contribution in [0.5, 0.6) is 0 Å². The Labute approximate surface area is 219 Å². The minimum absolute atomic E-state index is 0.281. The van der Waals surface area contributed by atoms with Crippen LogP contribution in [-0.4, -0.2) is 25.3 Å². The van der Waals surface area contributed by atoms with Crippen molar-refractivity contribution in [2.24, 2.45) is 5.92 Å². The van der Waals surface area contributed by atoms with Crippen LogP contribution in [0.3, 0.4) is 0 Å². The Morgan fingerprint density at radius 3 is 2.11 bits per heavy atom. The first-order chi connectivity index (χ1) is 17.8. The molecule has 0 atom stereocenters. The maximum atomic E-state index is 12.9. The molecule has 1 amide bonds. The molecule has 0 aliphatic heterocycles. The zero-order valence-electron chi connectivity index (χ0n) is 21.8. The van der Waals surface area contributed by atoms with Gasteiger partial charge in [0.1, 0.15) is 12.1 Å². The second-order valence-electron chi connectivity index (χ2n) is 9.58. The molecule has 1 fully saturated rings. The van der Waals surface area contributed by atoms with Crippen LogP contribution in [0, 0.1) is 18.7 Å². The quantitative estimate of drug-likeness (QED) is 0.303. The molecule has 1 aliphatic rings. The van der Waals surface area contributed by atoms with E-state index in [1.165, 1.54) is 49.9 Å². The van der Waals surface area contributed by atoms with Crippen LogP contribution in [-0.2, 0) is 0 Å². The number of rotatable bonds is 7. The van der Waals surface area contributed by atoms with E-state index in [-0.39, 0.29) is 11.7 Å². The molecule has 3 aromatic carbocycles. The van der Waals surface area contributed by atoms with E-state index in [0.29, 0.717) is 22.5 Å². The van der Waals surface area contributed by atoms with Gasteiger partial charge < -0.3 is 16.0 Å². The molecule has 0 aromatic heterocycles. The minimum atomic E-state index is -0.357. The number of hydrogen-bond donors (Lipinski definition) is 3. The summed E-state index contributed by atoms with van der Waals surface area (Å²) in [5.41, 5.74) is 4.91. The first-order valence-corrected chi connectivity index (χ1v) is 12.7. The largest absolute Gasteiger partial charge is 0.355 e. The van der Waals surface area contributed by atoms with Gasteiger partial charge in [-0.3, -0.25) is 9.59 Å². The molecular formula is C31H36FN3O2. The summed E-state index contributed by atoms with van der Waals surface area (Å²) in [5, 5.41) is 9.27. The number of benzene rings is 3. The fourth-order valence-corrected chi connectivity index (χ4v) is 4.24. The average Bonchev–Trinajstić information content (AvgIpc) is 2.92. The smallest absolute Gasteiger partial charge is 0.255 e. The van der Waals surface area contributed by atoms with E-state index >= 15 is 0 Å². The van der Waals surface area contributed by atoms with Crippen LogP contribution < -0.4 is 16.0 Å². The Morgan fingerprint density at radius 2 is 1.54 bits per heavy atom. The third-order valence-electron chi connectivity index (χ3n) is 6.69. The van der Waals surface area contributed by atoms with Gasteiger partial charge in [0.2, 0.25) is 0 Å². The van der Waals surface area contributed by atoms with Gasteiger partial charge in [0, 0.05) is 34.2 Å². The minimum Gasteiger partial charge on any atom is -0.355 e. The van der Waals surface area contributed by atoms with E-state index in [0.717, 1.165) is 35.1 Å². The number of amides is 1. The van der Waals surface area contributed by atoms with Crippen LogP contribution in [0.4, 0.5) is 15.8 Å². The highest BCUT2D eigenvalue weighted by molar-refractivity contribution is 6.04. The van der Waals surface area contributed by atoms with Crippen molar-refractivity contribution in [3.63, 3.8) is 0 Å². The van der Waals surface area contributed by atoms with Crippen LogP contribution in [0.1, 0.15) is 64.4 Å². The van der Waals surface area contributed by atoms with Gasteiger partial charge in [0.15, 0.2) is 0 Å². The molecule has 3 aromatic rings. The van der Waals surface area contributed by atoms with E-state index in [2.05, 4.69) is 36.5 Å². The van der Waals surface area contributed by atoms with Crippen molar-refractivity contribution < 1.29 is 14.0 Å². The third kappa shape index (κ3) is 8.40. The molecule has 0 bridgehead atoms. The van der Waals surface area contributed by atoms with Crippen LogP contribution in [0.25, 0.3) is 5.70 Å². The highest BCUT2D eigenvalue weighted by atomic mass is 19.1. The first-order valence-electron chi connectivity index (χ1n) is 12.7. The van der Waals surface area contributed by atoms with Crippen molar-refractivity contribution in [2.75, 3.05) is 17.7 Å². The Morgan fingerprint density at radius 1 is 0.919 bits per heavy atom. The molecule has 1 aliphatic carbocycles. The van der Waals surface area contributed by atoms with Crippen molar-refractivity contribution in [3.8, 4) is 0 Å². The number of hydrogen-bond acceptors (Lipinski definition) is 4. The van der Waals surface area contributed by atoms with Gasteiger partial charge >= 0.3 is 0 Å². The number of halogens is 1. The standard InChI is InChI=1S/C23H19FN2O2.C8H17N/c1-15-13-17(14-27)3-12-22(15)25-16(2)18-4-6-19(7-5-18)23(28)26-21-10-8-20(24)9-11-21;1-7-3-5-8(9-2)6-4-7/h3-14,25H,2H2,1H3,(H,26,28);7-9H,3-6H2,1-2H3. The molecule has 0 saturated heterocycles. The van der Waals surface area contributed by atoms with E-state index in [1.54, 1.807) is 36.4 Å². The topological polar surface area (TPSA) is 70.2 Å².